The third-order valence-electron chi connectivity index (χ3n) is 3.22. The van der Waals surface area contributed by atoms with E-state index >= 15 is 0 Å². The molecule has 0 radical (unpaired) electrons. The first-order valence-corrected chi connectivity index (χ1v) is 7.16. The van der Waals surface area contributed by atoms with Gasteiger partial charge in [-0.05, 0) is 25.1 Å². The number of benzene rings is 2. The van der Waals surface area contributed by atoms with Crippen LogP contribution in [0.4, 0.5) is 8.78 Å². The quantitative estimate of drug-likeness (QED) is 0.860. The molecule has 0 spiro atoms. The first-order valence-electron chi connectivity index (χ1n) is 7.16. The molecule has 4 nitrogen and oxygen atoms in total. The normalized spacial score (nSPS) is 11.8. The Balaban J connectivity index is 2.08. The predicted octanol–water partition coefficient (Wildman–Crippen LogP) is 2.83. The van der Waals surface area contributed by atoms with Crippen molar-refractivity contribution in [3.05, 3.63) is 65.2 Å². The van der Waals surface area contributed by atoms with Crippen LogP contribution in [0.25, 0.3) is 0 Å². The molecule has 1 unspecified atom stereocenters. The number of halogens is 2. The maximum atomic E-state index is 13.7. The molecule has 2 rings (SSSR count). The second-order valence-electron chi connectivity index (χ2n) is 4.80. The van der Waals surface area contributed by atoms with E-state index in [1.165, 1.54) is 36.4 Å². The highest BCUT2D eigenvalue weighted by atomic mass is 19.1. The number of amides is 1. The Morgan fingerprint density at radius 1 is 1.17 bits per heavy atom. The zero-order valence-electron chi connectivity index (χ0n) is 12.6. The lowest BCUT2D eigenvalue weighted by molar-refractivity contribution is 0.0909. The van der Waals surface area contributed by atoms with Gasteiger partial charge in [0.25, 0.3) is 5.91 Å². The van der Waals surface area contributed by atoms with E-state index in [0.29, 0.717) is 0 Å². The smallest absolute Gasteiger partial charge is 0.255 e. The van der Waals surface area contributed by atoms with Crippen LogP contribution in [0.15, 0.2) is 42.5 Å². The van der Waals surface area contributed by atoms with Crippen molar-refractivity contribution in [1.29, 1.82) is 0 Å². The van der Waals surface area contributed by atoms with Gasteiger partial charge in [0.2, 0.25) is 0 Å². The Kier molecular flexibility index (Phi) is 5.65. The van der Waals surface area contributed by atoms with Crippen molar-refractivity contribution in [2.45, 2.75) is 13.0 Å². The summed E-state index contributed by atoms with van der Waals surface area (Å²) in [6.45, 7) is 1.68. The zero-order chi connectivity index (χ0) is 16.8. The standard InChI is InChI=1S/C17H17F2NO3/c1-2-23-16-12(7-5-9-14(16)19)17(22)20-10-15(21)11-6-3-4-8-13(11)18/h3-9,15,21H,2,10H2,1H3,(H,20,22). The van der Waals surface area contributed by atoms with Gasteiger partial charge >= 0.3 is 0 Å². The summed E-state index contributed by atoms with van der Waals surface area (Å²) in [6.07, 6.45) is -1.20. The van der Waals surface area contributed by atoms with Crippen molar-refractivity contribution in [3.8, 4) is 5.75 Å². The number of hydrogen-bond acceptors (Lipinski definition) is 3. The molecule has 1 atom stereocenters. The molecule has 1 amide bonds. The van der Waals surface area contributed by atoms with Gasteiger partial charge in [-0.25, -0.2) is 8.78 Å². The summed E-state index contributed by atoms with van der Waals surface area (Å²) < 4.78 is 32.4. The summed E-state index contributed by atoms with van der Waals surface area (Å²) in [6, 6.07) is 9.74. The molecule has 2 aromatic carbocycles. The van der Waals surface area contributed by atoms with Gasteiger partial charge in [-0.3, -0.25) is 4.79 Å². The largest absolute Gasteiger partial charge is 0.490 e. The summed E-state index contributed by atoms with van der Waals surface area (Å²) in [5, 5.41) is 12.4. The van der Waals surface area contributed by atoms with E-state index in [-0.39, 0.29) is 30.0 Å². The number of rotatable bonds is 6. The number of aliphatic hydroxyl groups excluding tert-OH is 1. The van der Waals surface area contributed by atoms with Crippen LogP contribution in [0, 0.1) is 11.6 Å². The van der Waals surface area contributed by atoms with Crippen LogP contribution in [-0.4, -0.2) is 24.2 Å². The van der Waals surface area contributed by atoms with E-state index in [0.717, 1.165) is 0 Å². The molecule has 0 bridgehead atoms. The van der Waals surface area contributed by atoms with Crippen molar-refractivity contribution in [3.63, 3.8) is 0 Å². The summed E-state index contributed by atoms with van der Waals surface area (Å²) in [5.41, 5.74) is 0.102. The zero-order valence-corrected chi connectivity index (χ0v) is 12.6. The topological polar surface area (TPSA) is 58.6 Å². The summed E-state index contributed by atoms with van der Waals surface area (Å²) in [7, 11) is 0. The molecule has 6 heteroatoms. The monoisotopic (exact) mass is 321 g/mol. The first kappa shape index (κ1) is 16.9. The fourth-order valence-electron chi connectivity index (χ4n) is 2.12. The van der Waals surface area contributed by atoms with Gasteiger partial charge < -0.3 is 15.2 Å². The summed E-state index contributed by atoms with van der Waals surface area (Å²) >= 11 is 0. The van der Waals surface area contributed by atoms with Gasteiger partial charge in [-0.1, -0.05) is 24.3 Å². The van der Waals surface area contributed by atoms with E-state index in [4.69, 9.17) is 4.74 Å². The summed E-state index contributed by atoms with van der Waals surface area (Å²) in [5.74, 6) is -1.96. The number of hydrogen-bond donors (Lipinski definition) is 2. The minimum atomic E-state index is -1.20. The van der Waals surface area contributed by atoms with Gasteiger partial charge in [0.05, 0.1) is 18.3 Å². The fourth-order valence-corrected chi connectivity index (χ4v) is 2.12. The maximum Gasteiger partial charge on any atom is 0.255 e. The highest BCUT2D eigenvalue weighted by Gasteiger charge is 2.18. The van der Waals surface area contributed by atoms with Gasteiger partial charge in [0, 0.05) is 12.1 Å². The van der Waals surface area contributed by atoms with E-state index in [1.807, 2.05) is 0 Å². The van der Waals surface area contributed by atoms with E-state index < -0.39 is 23.6 Å². The van der Waals surface area contributed by atoms with Crippen LogP contribution in [-0.2, 0) is 0 Å². The molecule has 0 aliphatic carbocycles. The lowest BCUT2D eigenvalue weighted by Crippen LogP contribution is -2.29. The molecular weight excluding hydrogens is 304 g/mol. The van der Waals surface area contributed by atoms with Gasteiger partial charge in [-0.2, -0.15) is 0 Å². The molecule has 0 aliphatic heterocycles. The average molecular weight is 321 g/mol. The molecule has 0 fully saturated rings. The highest BCUT2D eigenvalue weighted by molar-refractivity contribution is 5.97. The molecule has 0 heterocycles. The molecule has 2 aromatic rings. The Bertz CT molecular complexity index is 691. The number of ether oxygens (including phenoxy) is 1. The van der Waals surface area contributed by atoms with Crippen molar-refractivity contribution in [1.82, 2.24) is 5.32 Å². The number of aliphatic hydroxyl groups is 1. The van der Waals surface area contributed by atoms with Crippen LogP contribution in [0.3, 0.4) is 0 Å². The predicted molar refractivity (Wildman–Crippen MR) is 81.3 cm³/mol. The van der Waals surface area contributed by atoms with Gasteiger partial charge in [-0.15, -0.1) is 0 Å². The summed E-state index contributed by atoms with van der Waals surface area (Å²) in [4.78, 5) is 12.2. The number of nitrogens with one attached hydrogen (secondary N) is 1. The molecule has 0 aromatic heterocycles. The molecule has 122 valence electrons. The third-order valence-corrected chi connectivity index (χ3v) is 3.22. The van der Waals surface area contributed by atoms with Crippen molar-refractivity contribution in [2.75, 3.05) is 13.2 Å². The Hall–Kier alpha value is -2.47. The lowest BCUT2D eigenvalue weighted by atomic mass is 10.1. The van der Waals surface area contributed by atoms with Crippen LogP contribution in [0.1, 0.15) is 28.9 Å². The van der Waals surface area contributed by atoms with Crippen molar-refractivity contribution in [2.24, 2.45) is 0 Å². The molecule has 0 saturated heterocycles. The third kappa shape index (κ3) is 4.04. The van der Waals surface area contributed by atoms with Crippen LogP contribution in [0.5, 0.6) is 5.75 Å². The number of carbonyl (C=O) groups is 1. The Labute approximate surface area is 132 Å². The first-order chi connectivity index (χ1) is 11.0. The van der Waals surface area contributed by atoms with Crippen LogP contribution in [0.2, 0.25) is 0 Å². The Morgan fingerprint density at radius 3 is 2.57 bits per heavy atom. The van der Waals surface area contributed by atoms with E-state index in [2.05, 4.69) is 5.32 Å². The SMILES string of the molecule is CCOc1c(F)cccc1C(=O)NCC(O)c1ccccc1F. The fraction of sp³-hybridized carbons (Fsp3) is 0.235. The highest BCUT2D eigenvalue weighted by Crippen LogP contribution is 2.23. The average Bonchev–Trinajstić information content (AvgIpc) is 2.54. The van der Waals surface area contributed by atoms with E-state index in [1.54, 1.807) is 13.0 Å². The molecule has 0 saturated carbocycles. The number of para-hydroxylation sites is 1. The molecule has 2 N–H and O–H groups in total. The van der Waals surface area contributed by atoms with Gasteiger partial charge in [0.1, 0.15) is 5.82 Å². The number of carbonyl (C=O) groups excluding carboxylic acids is 1. The second kappa shape index (κ2) is 7.69. The lowest BCUT2D eigenvalue weighted by Gasteiger charge is -2.15. The second-order valence-corrected chi connectivity index (χ2v) is 4.80. The maximum absolute atomic E-state index is 13.7. The minimum Gasteiger partial charge on any atom is -0.490 e. The van der Waals surface area contributed by atoms with Crippen molar-refractivity contribution >= 4 is 5.91 Å². The molecule has 0 aliphatic rings. The van der Waals surface area contributed by atoms with Crippen molar-refractivity contribution < 1.29 is 23.4 Å². The molecule has 23 heavy (non-hydrogen) atoms. The Morgan fingerprint density at radius 2 is 1.87 bits per heavy atom. The van der Waals surface area contributed by atoms with Crippen LogP contribution < -0.4 is 10.1 Å². The minimum absolute atomic E-state index is 0.0209. The molecular formula is C17H17F2NO3. The van der Waals surface area contributed by atoms with Crippen LogP contribution >= 0.6 is 0 Å². The van der Waals surface area contributed by atoms with E-state index in [9.17, 15) is 18.7 Å². The van der Waals surface area contributed by atoms with Gasteiger partial charge in [0.15, 0.2) is 11.6 Å².